The number of carbonyl (C=O) groups is 1. The summed E-state index contributed by atoms with van der Waals surface area (Å²) in [7, 11) is 0. The molecule has 98 valence electrons. The molecule has 0 bridgehead atoms. The maximum atomic E-state index is 13.5. The zero-order chi connectivity index (χ0) is 13.0. The molecule has 1 aromatic carbocycles. The zero-order valence-corrected chi connectivity index (χ0v) is 11.3. The molecular formula is C12H14BrFN2O2. The number of ether oxygens (including phenoxy) is 1. The highest BCUT2D eigenvalue weighted by Crippen LogP contribution is 2.25. The third-order valence-electron chi connectivity index (χ3n) is 2.64. The molecule has 0 aliphatic carbocycles. The lowest BCUT2D eigenvalue weighted by Crippen LogP contribution is -2.40. The van der Waals surface area contributed by atoms with E-state index in [0.717, 1.165) is 6.54 Å². The SMILES string of the molecule is O=C(CC1CNCCO1)Nc1c(F)cccc1Br. The van der Waals surface area contributed by atoms with Gasteiger partial charge in [-0.05, 0) is 28.1 Å². The van der Waals surface area contributed by atoms with Crippen LogP contribution < -0.4 is 10.6 Å². The predicted octanol–water partition coefficient (Wildman–Crippen LogP) is 1.91. The Morgan fingerprint density at radius 3 is 3.11 bits per heavy atom. The van der Waals surface area contributed by atoms with Gasteiger partial charge in [0, 0.05) is 17.6 Å². The van der Waals surface area contributed by atoms with Gasteiger partial charge in [-0.3, -0.25) is 4.79 Å². The molecule has 2 N–H and O–H groups in total. The number of halogens is 2. The number of nitrogens with one attached hydrogen (secondary N) is 2. The number of hydrogen-bond acceptors (Lipinski definition) is 3. The highest BCUT2D eigenvalue weighted by Gasteiger charge is 2.18. The van der Waals surface area contributed by atoms with Crippen LogP contribution in [0.1, 0.15) is 6.42 Å². The summed E-state index contributed by atoms with van der Waals surface area (Å²) in [6.45, 7) is 2.05. The Labute approximate surface area is 113 Å². The minimum atomic E-state index is -0.458. The van der Waals surface area contributed by atoms with Crippen LogP contribution in [-0.4, -0.2) is 31.7 Å². The molecule has 1 amide bonds. The van der Waals surface area contributed by atoms with E-state index in [1.165, 1.54) is 6.07 Å². The monoisotopic (exact) mass is 316 g/mol. The van der Waals surface area contributed by atoms with Crippen molar-refractivity contribution in [3.05, 3.63) is 28.5 Å². The van der Waals surface area contributed by atoms with Crippen molar-refractivity contribution in [3.8, 4) is 0 Å². The van der Waals surface area contributed by atoms with E-state index in [1.54, 1.807) is 12.1 Å². The van der Waals surface area contributed by atoms with Crippen molar-refractivity contribution in [2.45, 2.75) is 12.5 Å². The first-order valence-corrected chi connectivity index (χ1v) is 6.52. The highest BCUT2D eigenvalue weighted by molar-refractivity contribution is 9.10. The lowest BCUT2D eigenvalue weighted by atomic mass is 10.2. The molecule has 1 saturated heterocycles. The molecular weight excluding hydrogens is 303 g/mol. The first-order valence-electron chi connectivity index (χ1n) is 5.73. The molecule has 0 spiro atoms. The number of amides is 1. The van der Waals surface area contributed by atoms with Crippen molar-refractivity contribution >= 4 is 27.5 Å². The third kappa shape index (κ3) is 3.51. The maximum Gasteiger partial charge on any atom is 0.227 e. The van der Waals surface area contributed by atoms with Gasteiger partial charge in [0.2, 0.25) is 5.91 Å². The van der Waals surface area contributed by atoms with Crippen LogP contribution in [0.2, 0.25) is 0 Å². The number of hydrogen-bond donors (Lipinski definition) is 2. The lowest BCUT2D eigenvalue weighted by molar-refractivity contribution is -0.119. The average molecular weight is 317 g/mol. The molecule has 1 aromatic rings. The van der Waals surface area contributed by atoms with Crippen LogP contribution in [0.15, 0.2) is 22.7 Å². The fourth-order valence-corrected chi connectivity index (χ4v) is 2.21. The molecule has 1 aliphatic rings. The van der Waals surface area contributed by atoms with E-state index < -0.39 is 5.82 Å². The van der Waals surface area contributed by atoms with Gasteiger partial charge in [0.05, 0.1) is 24.8 Å². The second-order valence-corrected chi connectivity index (χ2v) is 4.90. The van der Waals surface area contributed by atoms with Crippen LogP contribution in [0.25, 0.3) is 0 Å². The van der Waals surface area contributed by atoms with E-state index in [9.17, 15) is 9.18 Å². The molecule has 18 heavy (non-hydrogen) atoms. The van der Waals surface area contributed by atoms with Gasteiger partial charge in [0.1, 0.15) is 5.82 Å². The van der Waals surface area contributed by atoms with Gasteiger partial charge in [0.25, 0.3) is 0 Å². The molecule has 0 aromatic heterocycles. The summed E-state index contributed by atoms with van der Waals surface area (Å²) in [6.07, 6.45) is 0.0672. The highest BCUT2D eigenvalue weighted by atomic mass is 79.9. The van der Waals surface area contributed by atoms with Crippen LogP contribution in [0.3, 0.4) is 0 Å². The van der Waals surface area contributed by atoms with Gasteiger partial charge >= 0.3 is 0 Å². The molecule has 1 atom stereocenters. The first-order chi connectivity index (χ1) is 8.66. The number of anilines is 1. The summed E-state index contributed by atoms with van der Waals surface area (Å²) in [5.41, 5.74) is 0.172. The molecule has 0 saturated carbocycles. The van der Waals surface area contributed by atoms with E-state index in [4.69, 9.17) is 4.74 Å². The minimum absolute atomic E-state index is 0.149. The van der Waals surface area contributed by atoms with Crippen molar-refractivity contribution in [2.24, 2.45) is 0 Å². The first kappa shape index (κ1) is 13.5. The van der Waals surface area contributed by atoms with Gasteiger partial charge in [-0.2, -0.15) is 0 Å². The topological polar surface area (TPSA) is 50.4 Å². The second kappa shape index (κ2) is 6.26. The smallest absolute Gasteiger partial charge is 0.227 e. The van der Waals surface area contributed by atoms with E-state index in [0.29, 0.717) is 17.6 Å². The van der Waals surface area contributed by atoms with Gasteiger partial charge in [0.15, 0.2) is 0 Å². The third-order valence-corrected chi connectivity index (χ3v) is 3.31. The Hall–Kier alpha value is -0.980. The zero-order valence-electron chi connectivity index (χ0n) is 9.71. The molecule has 1 heterocycles. The fourth-order valence-electron chi connectivity index (χ4n) is 1.77. The van der Waals surface area contributed by atoms with Crippen molar-refractivity contribution in [1.82, 2.24) is 5.32 Å². The largest absolute Gasteiger partial charge is 0.375 e. The number of rotatable bonds is 3. The molecule has 0 radical (unpaired) electrons. The van der Waals surface area contributed by atoms with Gasteiger partial charge < -0.3 is 15.4 Å². The molecule has 4 nitrogen and oxygen atoms in total. The van der Waals surface area contributed by atoms with Gasteiger partial charge in [-0.1, -0.05) is 6.07 Å². The number of para-hydroxylation sites is 1. The number of benzene rings is 1. The number of morpholine rings is 1. The lowest BCUT2D eigenvalue weighted by Gasteiger charge is -2.23. The van der Waals surface area contributed by atoms with E-state index in [1.807, 2.05) is 0 Å². The van der Waals surface area contributed by atoms with Crippen LogP contribution in [-0.2, 0) is 9.53 Å². The summed E-state index contributed by atoms with van der Waals surface area (Å²) in [6, 6.07) is 4.56. The Bertz CT molecular complexity index is 416. The van der Waals surface area contributed by atoms with Crippen molar-refractivity contribution < 1.29 is 13.9 Å². The van der Waals surface area contributed by atoms with Crippen molar-refractivity contribution in [3.63, 3.8) is 0 Å². The van der Waals surface area contributed by atoms with Crippen LogP contribution in [0.5, 0.6) is 0 Å². The van der Waals surface area contributed by atoms with Crippen molar-refractivity contribution in [1.29, 1.82) is 0 Å². The Balaban J connectivity index is 1.94. The summed E-state index contributed by atoms with van der Waals surface area (Å²) < 4.78 is 19.4. The van der Waals surface area contributed by atoms with E-state index in [2.05, 4.69) is 26.6 Å². The van der Waals surface area contributed by atoms with Crippen LogP contribution >= 0.6 is 15.9 Å². The van der Waals surface area contributed by atoms with E-state index >= 15 is 0 Å². The summed E-state index contributed by atoms with van der Waals surface area (Å²) in [5.74, 6) is -0.713. The van der Waals surface area contributed by atoms with Gasteiger partial charge in [-0.15, -0.1) is 0 Å². The number of carbonyl (C=O) groups excluding carboxylic acids is 1. The second-order valence-electron chi connectivity index (χ2n) is 4.05. The van der Waals surface area contributed by atoms with E-state index in [-0.39, 0.29) is 24.1 Å². The molecule has 2 rings (SSSR count). The molecule has 1 aliphatic heterocycles. The molecule has 1 unspecified atom stereocenters. The average Bonchev–Trinajstić information content (AvgIpc) is 2.35. The van der Waals surface area contributed by atoms with Crippen LogP contribution in [0.4, 0.5) is 10.1 Å². The van der Waals surface area contributed by atoms with Crippen molar-refractivity contribution in [2.75, 3.05) is 25.0 Å². The Kier molecular flexibility index (Phi) is 4.68. The summed E-state index contributed by atoms with van der Waals surface area (Å²) in [5, 5.41) is 5.70. The minimum Gasteiger partial charge on any atom is -0.375 e. The van der Waals surface area contributed by atoms with Gasteiger partial charge in [-0.25, -0.2) is 4.39 Å². The maximum absolute atomic E-state index is 13.5. The molecule has 1 fully saturated rings. The standard InChI is InChI=1S/C12H14BrFN2O2/c13-9-2-1-3-10(14)12(9)16-11(17)6-8-7-15-4-5-18-8/h1-3,8,15H,4-7H2,(H,16,17). The Morgan fingerprint density at radius 2 is 2.44 bits per heavy atom. The predicted molar refractivity (Wildman–Crippen MR) is 70.0 cm³/mol. The Morgan fingerprint density at radius 1 is 1.61 bits per heavy atom. The summed E-state index contributed by atoms with van der Waals surface area (Å²) >= 11 is 3.20. The normalized spacial score (nSPS) is 19.6. The fraction of sp³-hybridized carbons (Fsp3) is 0.417. The molecule has 6 heteroatoms. The van der Waals surface area contributed by atoms with Crippen LogP contribution in [0, 0.1) is 5.82 Å². The summed E-state index contributed by atoms with van der Waals surface area (Å²) in [4.78, 5) is 11.8. The quantitative estimate of drug-likeness (QED) is 0.895.